The van der Waals surface area contributed by atoms with Gasteiger partial charge in [0.1, 0.15) is 10.9 Å². The van der Waals surface area contributed by atoms with Crippen molar-refractivity contribution in [3.8, 4) is 10.9 Å². The molecule has 0 amide bonds. The molecule has 0 saturated carbocycles. The standard InChI is InChI=1S/C10H8ClNO2S/c11-9-6-15-10(12-9)14-8-3-1-2-7(4-8)5-13/h1-4,6,13H,5H2. The number of nitrogens with zero attached hydrogens (tertiary/aromatic N) is 1. The summed E-state index contributed by atoms with van der Waals surface area (Å²) in [4.78, 5) is 3.96. The Morgan fingerprint density at radius 2 is 2.33 bits per heavy atom. The Bertz CT molecular complexity index is 458. The van der Waals surface area contributed by atoms with Crippen LogP contribution >= 0.6 is 22.9 Å². The van der Waals surface area contributed by atoms with Crippen LogP contribution in [0, 0.1) is 0 Å². The van der Waals surface area contributed by atoms with E-state index in [4.69, 9.17) is 21.4 Å². The number of aliphatic hydroxyl groups excluding tert-OH is 1. The van der Waals surface area contributed by atoms with Gasteiger partial charge in [-0.05, 0) is 17.7 Å². The van der Waals surface area contributed by atoms with Crippen molar-refractivity contribution in [1.82, 2.24) is 4.98 Å². The van der Waals surface area contributed by atoms with E-state index in [1.54, 1.807) is 17.5 Å². The van der Waals surface area contributed by atoms with Crippen molar-refractivity contribution in [2.75, 3.05) is 0 Å². The van der Waals surface area contributed by atoms with Gasteiger partial charge in [0, 0.05) is 5.38 Å². The number of hydrogen-bond acceptors (Lipinski definition) is 4. The van der Waals surface area contributed by atoms with Gasteiger partial charge in [-0.3, -0.25) is 0 Å². The summed E-state index contributed by atoms with van der Waals surface area (Å²) in [5.74, 6) is 0.646. The van der Waals surface area contributed by atoms with Gasteiger partial charge in [-0.1, -0.05) is 35.1 Å². The fourth-order valence-corrected chi connectivity index (χ4v) is 1.90. The van der Waals surface area contributed by atoms with Crippen molar-refractivity contribution in [2.45, 2.75) is 6.61 Å². The quantitative estimate of drug-likeness (QED) is 0.898. The minimum absolute atomic E-state index is 0.00414. The highest BCUT2D eigenvalue weighted by molar-refractivity contribution is 7.11. The van der Waals surface area contributed by atoms with Crippen LogP contribution in [0.3, 0.4) is 0 Å². The summed E-state index contributed by atoms with van der Waals surface area (Å²) in [7, 11) is 0. The highest BCUT2D eigenvalue weighted by Gasteiger charge is 2.02. The fourth-order valence-electron chi connectivity index (χ4n) is 1.09. The van der Waals surface area contributed by atoms with E-state index in [1.807, 2.05) is 12.1 Å². The van der Waals surface area contributed by atoms with Crippen molar-refractivity contribution >= 4 is 22.9 Å². The molecule has 1 heterocycles. The summed E-state index contributed by atoms with van der Waals surface area (Å²) >= 11 is 6.99. The predicted molar refractivity (Wildman–Crippen MR) is 59.6 cm³/mol. The molecule has 0 bridgehead atoms. The van der Waals surface area contributed by atoms with Gasteiger partial charge in [-0.2, -0.15) is 4.98 Å². The van der Waals surface area contributed by atoms with Crippen LogP contribution in [-0.4, -0.2) is 10.1 Å². The molecule has 2 aromatic rings. The van der Waals surface area contributed by atoms with Crippen LogP contribution < -0.4 is 4.74 Å². The second-order valence-electron chi connectivity index (χ2n) is 2.84. The van der Waals surface area contributed by atoms with Gasteiger partial charge in [0.2, 0.25) is 0 Å². The lowest BCUT2D eigenvalue weighted by atomic mass is 10.2. The molecular weight excluding hydrogens is 234 g/mol. The fraction of sp³-hybridized carbons (Fsp3) is 0.100. The van der Waals surface area contributed by atoms with Gasteiger partial charge in [0.15, 0.2) is 0 Å². The molecule has 0 saturated heterocycles. The monoisotopic (exact) mass is 241 g/mol. The normalized spacial score (nSPS) is 10.3. The van der Waals surface area contributed by atoms with Crippen molar-refractivity contribution < 1.29 is 9.84 Å². The maximum absolute atomic E-state index is 8.94. The zero-order valence-corrected chi connectivity index (χ0v) is 9.26. The highest BCUT2D eigenvalue weighted by Crippen LogP contribution is 2.27. The van der Waals surface area contributed by atoms with Crippen molar-refractivity contribution in [3.63, 3.8) is 0 Å². The Labute approximate surface area is 95.9 Å². The van der Waals surface area contributed by atoms with E-state index < -0.39 is 0 Å². The van der Waals surface area contributed by atoms with E-state index in [9.17, 15) is 0 Å². The molecule has 3 nitrogen and oxygen atoms in total. The topological polar surface area (TPSA) is 42.4 Å². The van der Waals surface area contributed by atoms with Gasteiger partial charge in [-0.15, -0.1) is 0 Å². The number of hydrogen-bond donors (Lipinski definition) is 1. The summed E-state index contributed by atoms with van der Waals surface area (Å²) in [5.41, 5.74) is 0.801. The lowest BCUT2D eigenvalue weighted by molar-refractivity contribution is 0.281. The van der Waals surface area contributed by atoms with E-state index in [0.717, 1.165) is 5.56 Å². The molecule has 1 aromatic heterocycles. The number of benzene rings is 1. The van der Waals surface area contributed by atoms with E-state index in [1.165, 1.54) is 11.3 Å². The Kier molecular flexibility index (Phi) is 3.20. The highest BCUT2D eigenvalue weighted by atomic mass is 35.5. The average molecular weight is 242 g/mol. The molecule has 0 spiro atoms. The molecule has 0 radical (unpaired) electrons. The van der Waals surface area contributed by atoms with E-state index in [2.05, 4.69) is 4.98 Å². The van der Waals surface area contributed by atoms with Crippen molar-refractivity contribution in [2.24, 2.45) is 0 Å². The summed E-state index contributed by atoms with van der Waals surface area (Å²) in [6.07, 6.45) is 0. The van der Waals surface area contributed by atoms with Gasteiger partial charge in [0.05, 0.1) is 6.61 Å². The average Bonchev–Trinajstić information content (AvgIpc) is 2.64. The van der Waals surface area contributed by atoms with Crippen LogP contribution in [-0.2, 0) is 6.61 Å². The molecule has 0 aliphatic heterocycles. The molecule has 2 rings (SSSR count). The third-order valence-electron chi connectivity index (χ3n) is 1.74. The Hall–Kier alpha value is -1.10. The maximum atomic E-state index is 8.94. The van der Waals surface area contributed by atoms with Crippen LogP contribution in [0.5, 0.6) is 10.9 Å². The molecule has 1 N–H and O–H groups in total. The Balaban J connectivity index is 2.16. The van der Waals surface area contributed by atoms with Crippen LogP contribution in [0.15, 0.2) is 29.6 Å². The molecule has 0 aliphatic rings. The minimum atomic E-state index is -0.00414. The predicted octanol–water partition coefficient (Wildman–Crippen LogP) is 3.08. The first-order chi connectivity index (χ1) is 7.28. The number of ether oxygens (including phenoxy) is 1. The maximum Gasteiger partial charge on any atom is 0.280 e. The lowest BCUT2D eigenvalue weighted by Gasteiger charge is -2.02. The smallest absolute Gasteiger partial charge is 0.280 e. The number of aliphatic hydroxyl groups is 1. The molecule has 1 aromatic carbocycles. The first kappa shape index (κ1) is 10.4. The van der Waals surface area contributed by atoms with Crippen LogP contribution in [0.4, 0.5) is 0 Å². The molecule has 0 aliphatic carbocycles. The zero-order valence-electron chi connectivity index (χ0n) is 7.68. The van der Waals surface area contributed by atoms with Crippen LogP contribution in [0.2, 0.25) is 5.15 Å². The van der Waals surface area contributed by atoms with E-state index in [-0.39, 0.29) is 6.61 Å². The molecule has 15 heavy (non-hydrogen) atoms. The second kappa shape index (κ2) is 4.61. The Morgan fingerprint density at radius 3 is 3.00 bits per heavy atom. The van der Waals surface area contributed by atoms with Crippen molar-refractivity contribution in [1.29, 1.82) is 0 Å². The summed E-state index contributed by atoms with van der Waals surface area (Å²) in [5, 5.41) is 11.6. The van der Waals surface area contributed by atoms with E-state index in [0.29, 0.717) is 16.1 Å². The third kappa shape index (κ3) is 2.68. The summed E-state index contributed by atoms with van der Waals surface area (Å²) in [6.45, 7) is -0.00414. The molecular formula is C10H8ClNO2S. The van der Waals surface area contributed by atoms with E-state index >= 15 is 0 Å². The summed E-state index contributed by atoms with van der Waals surface area (Å²) < 4.78 is 5.45. The second-order valence-corrected chi connectivity index (χ2v) is 4.05. The number of rotatable bonds is 3. The largest absolute Gasteiger partial charge is 0.431 e. The number of halogens is 1. The van der Waals surface area contributed by atoms with Gasteiger partial charge in [0.25, 0.3) is 5.19 Å². The van der Waals surface area contributed by atoms with Crippen molar-refractivity contribution in [3.05, 3.63) is 40.4 Å². The SMILES string of the molecule is OCc1cccc(Oc2nc(Cl)cs2)c1. The molecule has 0 atom stereocenters. The number of thiazole rings is 1. The minimum Gasteiger partial charge on any atom is -0.431 e. The van der Waals surface area contributed by atoms with Crippen LogP contribution in [0.1, 0.15) is 5.56 Å². The Morgan fingerprint density at radius 1 is 1.47 bits per heavy atom. The first-order valence-electron chi connectivity index (χ1n) is 4.26. The third-order valence-corrected chi connectivity index (χ3v) is 2.78. The number of aromatic nitrogens is 1. The first-order valence-corrected chi connectivity index (χ1v) is 5.52. The lowest BCUT2D eigenvalue weighted by Crippen LogP contribution is -1.86. The zero-order chi connectivity index (χ0) is 10.7. The molecule has 0 unspecified atom stereocenters. The molecule has 78 valence electrons. The molecule has 5 heteroatoms. The van der Waals surface area contributed by atoms with Crippen LogP contribution in [0.25, 0.3) is 0 Å². The van der Waals surface area contributed by atoms with Gasteiger partial charge in [-0.25, -0.2) is 0 Å². The molecule has 0 fully saturated rings. The van der Waals surface area contributed by atoms with Gasteiger partial charge < -0.3 is 9.84 Å². The van der Waals surface area contributed by atoms with Gasteiger partial charge >= 0.3 is 0 Å². The summed E-state index contributed by atoms with van der Waals surface area (Å²) in [6, 6.07) is 7.20.